The fourth-order valence-electron chi connectivity index (χ4n) is 4.09. The van der Waals surface area contributed by atoms with Gasteiger partial charge in [0.05, 0.1) is 29.3 Å². The van der Waals surface area contributed by atoms with Crippen LogP contribution in [0.4, 0.5) is 0 Å². The van der Waals surface area contributed by atoms with E-state index < -0.39 is 0 Å². The molecular weight excluding hydrogens is 398 g/mol. The zero-order chi connectivity index (χ0) is 20.8. The minimum atomic E-state index is -0.0664. The molecule has 1 fully saturated rings. The van der Waals surface area contributed by atoms with E-state index in [0.717, 1.165) is 38.7 Å². The highest BCUT2D eigenvalue weighted by Gasteiger charge is 2.20. The Morgan fingerprint density at radius 1 is 1.27 bits per heavy atom. The highest BCUT2D eigenvalue weighted by atomic mass is 32.2. The van der Waals surface area contributed by atoms with Crippen LogP contribution < -0.4 is 10.9 Å². The SMILES string of the molecule is O=C(CSc1nc2ccccc2c(=O)n1C[C@H]1CCCO1)NCCC1=CCCCC1. The highest BCUT2D eigenvalue weighted by Crippen LogP contribution is 2.21. The predicted octanol–water partition coefficient (Wildman–Crippen LogP) is 3.67. The topological polar surface area (TPSA) is 73.2 Å². The zero-order valence-corrected chi connectivity index (χ0v) is 18.1. The molecule has 1 saturated heterocycles. The minimum Gasteiger partial charge on any atom is -0.376 e. The molecule has 1 aromatic heterocycles. The first-order chi connectivity index (χ1) is 14.7. The lowest BCUT2D eigenvalue weighted by atomic mass is 9.97. The second-order valence-electron chi connectivity index (χ2n) is 7.96. The Hall–Kier alpha value is -2.12. The molecule has 30 heavy (non-hydrogen) atoms. The van der Waals surface area contributed by atoms with Crippen molar-refractivity contribution in [3.8, 4) is 0 Å². The molecule has 1 amide bonds. The van der Waals surface area contributed by atoms with Gasteiger partial charge in [-0.2, -0.15) is 0 Å². The van der Waals surface area contributed by atoms with Crippen molar-refractivity contribution in [1.82, 2.24) is 14.9 Å². The van der Waals surface area contributed by atoms with Crippen molar-refractivity contribution in [3.63, 3.8) is 0 Å². The Morgan fingerprint density at radius 2 is 2.17 bits per heavy atom. The van der Waals surface area contributed by atoms with E-state index in [1.54, 1.807) is 10.6 Å². The van der Waals surface area contributed by atoms with Gasteiger partial charge < -0.3 is 10.1 Å². The number of hydrogen-bond donors (Lipinski definition) is 1. The molecule has 1 aromatic carbocycles. The van der Waals surface area contributed by atoms with Crippen LogP contribution >= 0.6 is 11.8 Å². The predicted molar refractivity (Wildman–Crippen MR) is 120 cm³/mol. The van der Waals surface area contributed by atoms with Gasteiger partial charge in [-0.15, -0.1) is 0 Å². The lowest BCUT2D eigenvalue weighted by Gasteiger charge is -2.16. The van der Waals surface area contributed by atoms with Crippen molar-refractivity contribution in [2.45, 2.75) is 62.8 Å². The summed E-state index contributed by atoms with van der Waals surface area (Å²) in [7, 11) is 0. The Bertz CT molecular complexity index is 979. The molecule has 0 saturated carbocycles. The number of fused-ring (bicyclic) bond motifs is 1. The van der Waals surface area contributed by atoms with Gasteiger partial charge in [-0.1, -0.05) is 35.5 Å². The average molecular weight is 428 g/mol. The lowest BCUT2D eigenvalue weighted by Crippen LogP contribution is -2.30. The molecule has 1 atom stereocenters. The fraction of sp³-hybridized carbons (Fsp3) is 0.522. The molecule has 1 N–H and O–H groups in total. The molecule has 0 radical (unpaired) electrons. The smallest absolute Gasteiger partial charge is 0.262 e. The number of ether oxygens (including phenoxy) is 1. The van der Waals surface area contributed by atoms with Gasteiger partial charge in [0, 0.05) is 13.2 Å². The summed E-state index contributed by atoms with van der Waals surface area (Å²) in [5.41, 5.74) is 2.05. The number of hydrogen-bond acceptors (Lipinski definition) is 5. The molecule has 2 aromatic rings. The van der Waals surface area contributed by atoms with E-state index in [2.05, 4.69) is 16.4 Å². The van der Waals surface area contributed by atoms with E-state index >= 15 is 0 Å². The van der Waals surface area contributed by atoms with E-state index in [1.165, 1.54) is 30.2 Å². The van der Waals surface area contributed by atoms with E-state index in [1.807, 2.05) is 18.2 Å². The third-order valence-electron chi connectivity index (χ3n) is 5.72. The summed E-state index contributed by atoms with van der Waals surface area (Å²) in [5.74, 6) is 0.220. The lowest BCUT2D eigenvalue weighted by molar-refractivity contribution is -0.118. The molecule has 2 aliphatic rings. The van der Waals surface area contributed by atoms with E-state index in [-0.39, 0.29) is 23.3 Å². The molecule has 2 heterocycles. The van der Waals surface area contributed by atoms with Gasteiger partial charge in [-0.25, -0.2) is 4.98 Å². The van der Waals surface area contributed by atoms with Gasteiger partial charge in [-0.3, -0.25) is 14.2 Å². The molecule has 1 aliphatic heterocycles. The summed E-state index contributed by atoms with van der Waals surface area (Å²) in [6.45, 7) is 1.88. The van der Waals surface area contributed by atoms with Crippen LogP contribution in [-0.2, 0) is 16.1 Å². The maximum Gasteiger partial charge on any atom is 0.262 e. The normalized spacial score (nSPS) is 19.1. The van der Waals surface area contributed by atoms with Gasteiger partial charge in [0.1, 0.15) is 0 Å². The van der Waals surface area contributed by atoms with Crippen LogP contribution in [0.2, 0.25) is 0 Å². The van der Waals surface area contributed by atoms with Crippen LogP contribution in [0.1, 0.15) is 44.9 Å². The van der Waals surface area contributed by atoms with Crippen LogP contribution in [0.3, 0.4) is 0 Å². The van der Waals surface area contributed by atoms with Crippen molar-refractivity contribution in [1.29, 1.82) is 0 Å². The number of aromatic nitrogens is 2. The number of amides is 1. The van der Waals surface area contributed by atoms with E-state index in [9.17, 15) is 9.59 Å². The first-order valence-electron chi connectivity index (χ1n) is 10.9. The number of nitrogens with one attached hydrogen (secondary N) is 1. The molecule has 6 nitrogen and oxygen atoms in total. The fourth-order valence-corrected chi connectivity index (χ4v) is 4.92. The Labute approximate surface area is 181 Å². The van der Waals surface area contributed by atoms with Crippen LogP contribution in [0.25, 0.3) is 10.9 Å². The van der Waals surface area contributed by atoms with E-state index in [0.29, 0.717) is 29.1 Å². The third-order valence-corrected chi connectivity index (χ3v) is 6.70. The summed E-state index contributed by atoms with van der Waals surface area (Å²) in [5, 5.41) is 4.19. The van der Waals surface area contributed by atoms with Gasteiger partial charge in [0.15, 0.2) is 5.16 Å². The summed E-state index contributed by atoms with van der Waals surface area (Å²) >= 11 is 1.32. The number of rotatable bonds is 8. The summed E-state index contributed by atoms with van der Waals surface area (Å²) < 4.78 is 7.42. The Kier molecular flexibility index (Phi) is 7.23. The Balaban J connectivity index is 1.42. The van der Waals surface area contributed by atoms with Crippen molar-refractivity contribution in [2.24, 2.45) is 0 Å². The summed E-state index contributed by atoms with van der Waals surface area (Å²) in [6.07, 6.45) is 10.1. The van der Waals surface area contributed by atoms with Gasteiger partial charge in [0.25, 0.3) is 5.56 Å². The average Bonchev–Trinajstić information content (AvgIpc) is 3.29. The van der Waals surface area contributed by atoms with Crippen LogP contribution in [0.15, 0.2) is 45.9 Å². The molecule has 160 valence electrons. The second kappa shape index (κ2) is 10.3. The molecule has 0 spiro atoms. The number of nitrogens with zero attached hydrogens (tertiary/aromatic N) is 2. The number of para-hydroxylation sites is 1. The van der Waals surface area contributed by atoms with Crippen molar-refractivity contribution in [3.05, 3.63) is 46.3 Å². The van der Waals surface area contributed by atoms with Crippen molar-refractivity contribution >= 4 is 28.6 Å². The number of thioether (sulfide) groups is 1. The monoisotopic (exact) mass is 427 g/mol. The van der Waals surface area contributed by atoms with E-state index in [4.69, 9.17) is 4.74 Å². The molecule has 1 aliphatic carbocycles. The quantitative estimate of drug-likeness (QED) is 0.395. The zero-order valence-electron chi connectivity index (χ0n) is 17.3. The molecule has 0 bridgehead atoms. The molecule has 0 unspecified atom stereocenters. The van der Waals surface area contributed by atoms with Gasteiger partial charge in [0.2, 0.25) is 5.91 Å². The van der Waals surface area contributed by atoms with Crippen LogP contribution in [0, 0.1) is 0 Å². The third kappa shape index (κ3) is 5.32. The number of carbonyl (C=O) groups is 1. The number of benzene rings is 1. The number of carbonyl (C=O) groups excluding carboxylic acids is 1. The minimum absolute atomic E-state index is 0.0255. The number of allylic oxidation sites excluding steroid dienone is 1. The van der Waals surface area contributed by atoms with Crippen molar-refractivity contribution < 1.29 is 9.53 Å². The Morgan fingerprint density at radius 3 is 2.97 bits per heavy atom. The first-order valence-corrected chi connectivity index (χ1v) is 11.9. The first kappa shape index (κ1) is 21.1. The molecular formula is C23H29N3O3S. The second-order valence-corrected chi connectivity index (χ2v) is 8.90. The molecule has 7 heteroatoms. The largest absolute Gasteiger partial charge is 0.376 e. The highest BCUT2D eigenvalue weighted by molar-refractivity contribution is 7.99. The summed E-state index contributed by atoms with van der Waals surface area (Å²) in [4.78, 5) is 30.1. The maximum atomic E-state index is 13.1. The molecule has 4 rings (SSSR count). The van der Waals surface area contributed by atoms with Gasteiger partial charge in [-0.05, 0) is 57.1 Å². The summed E-state index contributed by atoms with van der Waals surface area (Å²) in [6, 6.07) is 7.37. The van der Waals surface area contributed by atoms with Gasteiger partial charge >= 0.3 is 0 Å². The van der Waals surface area contributed by atoms with Crippen LogP contribution in [-0.4, -0.2) is 40.5 Å². The van der Waals surface area contributed by atoms with Crippen LogP contribution in [0.5, 0.6) is 0 Å². The van der Waals surface area contributed by atoms with Crippen molar-refractivity contribution in [2.75, 3.05) is 18.9 Å². The maximum absolute atomic E-state index is 13.1. The standard InChI is InChI=1S/C23H29N3O3S/c27-21(24-13-12-17-7-2-1-3-8-17)16-30-23-25-20-11-5-4-10-19(20)22(28)26(23)15-18-9-6-14-29-18/h4-5,7,10-11,18H,1-3,6,8-9,12-16H2,(H,24,27)/t18-/m1/s1.